The molecule has 0 heterocycles. The van der Waals surface area contributed by atoms with Gasteiger partial charge in [0, 0.05) is 6.04 Å². The molecule has 1 unspecified atom stereocenters. The molecule has 2 rings (SSSR count). The van der Waals surface area contributed by atoms with Gasteiger partial charge in [-0.05, 0) is 61.6 Å². The van der Waals surface area contributed by atoms with E-state index >= 15 is 0 Å². The molecular weight excluding hydrogens is 272 g/mol. The van der Waals surface area contributed by atoms with Crippen LogP contribution in [0.4, 0.5) is 4.79 Å². The van der Waals surface area contributed by atoms with Gasteiger partial charge in [-0.1, -0.05) is 39.0 Å². The third-order valence-corrected chi connectivity index (χ3v) is 4.81. The van der Waals surface area contributed by atoms with E-state index < -0.39 is 0 Å². The molecule has 1 aliphatic carbocycles. The lowest BCUT2D eigenvalue weighted by atomic mass is 9.89. The lowest BCUT2D eigenvalue weighted by molar-refractivity contribution is 0.232. The van der Waals surface area contributed by atoms with Crippen LogP contribution >= 0.6 is 0 Å². The molecule has 0 bridgehead atoms. The van der Waals surface area contributed by atoms with Gasteiger partial charge in [0.15, 0.2) is 0 Å². The fourth-order valence-corrected chi connectivity index (χ4v) is 3.27. The summed E-state index contributed by atoms with van der Waals surface area (Å²) in [4.78, 5) is 12.2. The highest BCUT2D eigenvalue weighted by molar-refractivity contribution is 5.74. The zero-order valence-corrected chi connectivity index (χ0v) is 14.2. The van der Waals surface area contributed by atoms with Crippen LogP contribution < -0.4 is 10.6 Å². The van der Waals surface area contributed by atoms with Crippen LogP contribution in [0, 0.1) is 0 Å². The van der Waals surface area contributed by atoms with Gasteiger partial charge in [0.25, 0.3) is 0 Å². The molecule has 0 aromatic heterocycles. The average Bonchev–Trinajstić information content (AvgIpc) is 2.57. The largest absolute Gasteiger partial charge is 0.335 e. The molecule has 0 spiro atoms. The average molecular weight is 302 g/mol. The number of hydrogen-bond donors (Lipinski definition) is 2. The Balaban J connectivity index is 2.03. The number of urea groups is 1. The number of amides is 2. The quantitative estimate of drug-likeness (QED) is 0.798. The maximum Gasteiger partial charge on any atom is 0.315 e. The smallest absolute Gasteiger partial charge is 0.315 e. The van der Waals surface area contributed by atoms with Gasteiger partial charge in [0.05, 0.1) is 6.04 Å². The summed E-state index contributed by atoms with van der Waals surface area (Å²) in [6, 6.07) is 7.07. The van der Waals surface area contributed by atoms with Crippen molar-refractivity contribution >= 4 is 6.03 Å². The molecule has 122 valence electrons. The number of fused-ring (bicyclic) bond motifs is 1. The van der Waals surface area contributed by atoms with E-state index in [1.807, 2.05) is 0 Å². The van der Waals surface area contributed by atoms with E-state index in [9.17, 15) is 4.79 Å². The van der Waals surface area contributed by atoms with Crippen molar-refractivity contribution < 1.29 is 4.79 Å². The minimum absolute atomic E-state index is 0.0433. The molecule has 0 saturated carbocycles. The molecule has 22 heavy (non-hydrogen) atoms. The predicted molar refractivity (Wildman–Crippen MR) is 92.2 cm³/mol. The van der Waals surface area contributed by atoms with E-state index in [4.69, 9.17) is 0 Å². The second-order valence-corrected chi connectivity index (χ2v) is 6.33. The van der Waals surface area contributed by atoms with E-state index in [1.165, 1.54) is 42.4 Å². The van der Waals surface area contributed by atoms with Crippen molar-refractivity contribution in [2.24, 2.45) is 0 Å². The number of aryl methyl sites for hydroxylation is 2. The zero-order chi connectivity index (χ0) is 15.9. The molecule has 0 fully saturated rings. The summed E-state index contributed by atoms with van der Waals surface area (Å²) in [5, 5.41) is 6.20. The van der Waals surface area contributed by atoms with Crippen LogP contribution in [-0.4, -0.2) is 12.1 Å². The third kappa shape index (κ3) is 4.25. The minimum atomic E-state index is -0.0433. The first-order valence-corrected chi connectivity index (χ1v) is 8.86. The molecule has 2 N–H and O–H groups in total. The van der Waals surface area contributed by atoms with Crippen LogP contribution in [0.2, 0.25) is 0 Å². The molecular formula is C19H30N2O. The van der Waals surface area contributed by atoms with Crippen LogP contribution in [0.15, 0.2) is 18.2 Å². The Kier molecular flexibility index (Phi) is 6.29. The molecule has 1 aromatic rings. The van der Waals surface area contributed by atoms with Crippen molar-refractivity contribution in [2.75, 3.05) is 0 Å². The summed E-state index contributed by atoms with van der Waals surface area (Å²) in [6.07, 6.45) is 7.83. The lowest BCUT2D eigenvalue weighted by Crippen LogP contribution is -2.43. The third-order valence-electron chi connectivity index (χ3n) is 4.81. The minimum Gasteiger partial charge on any atom is -0.335 e. The zero-order valence-electron chi connectivity index (χ0n) is 14.2. The Morgan fingerprint density at radius 2 is 1.68 bits per heavy atom. The van der Waals surface area contributed by atoms with Crippen LogP contribution in [0.1, 0.15) is 75.6 Å². The second kappa shape index (κ2) is 8.21. The Labute approximate surface area is 134 Å². The molecule has 0 saturated heterocycles. The Hall–Kier alpha value is -1.51. The second-order valence-electron chi connectivity index (χ2n) is 6.33. The molecule has 3 nitrogen and oxygen atoms in total. The molecule has 3 heteroatoms. The highest BCUT2D eigenvalue weighted by atomic mass is 16.2. The van der Waals surface area contributed by atoms with Crippen LogP contribution in [-0.2, 0) is 12.8 Å². The monoisotopic (exact) mass is 302 g/mol. The molecule has 1 atom stereocenters. The maximum absolute atomic E-state index is 12.2. The lowest BCUT2D eigenvalue weighted by Gasteiger charge is -2.23. The van der Waals surface area contributed by atoms with Crippen molar-refractivity contribution in [3.05, 3.63) is 34.9 Å². The molecule has 1 aliphatic rings. The topological polar surface area (TPSA) is 41.1 Å². The summed E-state index contributed by atoms with van der Waals surface area (Å²) in [5.41, 5.74) is 4.21. The number of carbonyl (C=O) groups excluding carboxylic acids is 1. The van der Waals surface area contributed by atoms with Crippen LogP contribution in [0.25, 0.3) is 0 Å². The summed E-state index contributed by atoms with van der Waals surface area (Å²) in [7, 11) is 0. The number of nitrogens with one attached hydrogen (secondary N) is 2. The molecule has 1 aromatic carbocycles. The van der Waals surface area contributed by atoms with Crippen molar-refractivity contribution in [1.29, 1.82) is 0 Å². The molecule has 2 amide bonds. The maximum atomic E-state index is 12.2. The van der Waals surface area contributed by atoms with Gasteiger partial charge in [-0.15, -0.1) is 0 Å². The SMILES string of the molecule is CCC(CC)NC(=O)NC(CC)c1ccc2c(c1)CCCC2. The normalized spacial score (nSPS) is 15.3. The van der Waals surface area contributed by atoms with Crippen molar-refractivity contribution in [3.8, 4) is 0 Å². The number of benzene rings is 1. The van der Waals surface area contributed by atoms with E-state index in [0.717, 1.165) is 19.3 Å². The van der Waals surface area contributed by atoms with Crippen LogP contribution in [0.5, 0.6) is 0 Å². The predicted octanol–water partition coefficient (Wildman–Crippen LogP) is 4.50. The Morgan fingerprint density at radius 1 is 1.00 bits per heavy atom. The first-order chi connectivity index (χ1) is 10.7. The van der Waals surface area contributed by atoms with Gasteiger partial charge in [-0.2, -0.15) is 0 Å². The van der Waals surface area contributed by atoms with Gasteiger partial charge in [0.1, 0.15) is 0 Å². The summed E-state index contributed by atoms with van der Waals surface area (Å²) in [5.74, 6) is 0. The van der Waals surface area contributed by atoms with Crippen molar-refractivity contribution in [3.63, 3.8) is 0 Å². The summed E-state index contributed by atoms with van der Waals surface area (Å²) in [6.45, 7) is 6.34. The van der Waals surface area contributed by atoms with Gasteiger partial charge >= 0.3 is 6.03 Å². The number of rotatable bonds is 6. The van der Waals surface area contributed by atoms with E-state index in [-0.39, 0.29) is 18.1 Å². The van der Waals surface area contributed by atoms with E-state index in [0.29, 0.717) is 0 Å². The fraction of sp³-hybridized carbons (Fsp3) is 0.632. The Morgan fingerprint density at radius 3 is 2.32 bits per heavy atom. The van der Waals surface area contributed by atoms with Gasteiger partial charge in [0.2, 0.25) is 0 Å². The van der Waals surface area contributed by atoms with Gasteiger partial charge in [-0.3, -0.25) is 0 Å². The standard InChI is InChI=1S/C19H30N2O/c1-4-17(5-2)20-19(22)21-18(6-3)16-12-11-14-9-7-8-10-15(14)13-16/h11-13,17-18H,4-10H2,1-3H3,(H2,20,21,22). The molecule has 0 aliphatic heterocycles. The van der Waals surface area contributed by atoms with Gasteiger partial charge < -0.3 is 10.6 Å². The first-order valence-electron chi connectivity index (χ1n) is 8.86. The van der Waals surface area contributed by atoms with E-state index in [1.54, 1.807) is 0 Å². The molecule has 0 radical (unpaired) electrons. The highest BCUT2D eigenvalue weighted by Crippen LogP contribution is 2.26. The Bertz CT molecular complexity index is 494. The fourth-order valence-electron chi connectivity index (χ4n) is 3.27. The van der Waals surface area contributed by atoms with Crippen LogP contribution in [0.3, 0.4) is 0 Å². The van der Waals surface area contributed by atoms with Crippen molar-refractivity contribution in [2.45, 2.75) is 77.8 Å². The van der Waals surface area contributed by atoms with Crippen molar-refractivity contribution in [1.82, 2.24) is 10.6 Å². The number of carbonyl (C=O) groups is 1. The summed E-state index contributed by atoms with van der Waals surface area (Å²) >= 11 is 0. The summed E-state index contributed by atoms with van der Waals surface area (Å²) < 4.78 is 0. The first kappa shape index (κ1) is 16.9. The van der Waals surface area contributed by atoms with Gasteiger partial charge in [-0.25, -0.2) is 4.79 Å². The van der Waals surface area contributed by atoms with E-state index in [2.05, 4.69) is 49.6 Å². The number of hydrogen-bond acceptors (Lipinski definition) is 1. The highest BCUT2D eigenvalue weighted by Gasteiger charge is 2.17.